The molecule has 7 heteroatoms. The maximum atomic E-state index is 12.2. The summed E-state index contributed by atoms with van der Waals surface area (Å²) in [4.78, 5) is 12.3. The zero-order chi connectivity index (χ0) is 9.84. The van der Waals surface area contributed by atoms with E-state index in [-0.39, 0.29) is 13.0 Å². The number of ether oxygens (including phenoxy) is 1. The molecule has 0 aromatic heterocycles. The van der Waals surface area contributed by atoms with Gasteiger partial charge in [-0.25, -0.2) is 0 Å². The van der Waals surface area contributed by atoms with E-state index in [9.17, 15) is 14.4 Å². The molecule has 0 aromatic carbocycles. The van der Waals surface area contributed by atoms with Crippen LogP contribution in [0.25, 0.3) is 0 Å². The number of carboxylic acids is 1. The van der Waals surface area contributed by atoms with Gasteiger partial charge in [-0.1, -0.05) is 0 Å². The molecular formula is C6H9FNO5-. The van der Waals surface area contributed by atoms with Gasteiger partial charge in [0.25, 0.3) is 6.54 Å². The van der Waals surface area contributed by atoms with Gasteiger partial charge in [0.15, 0.2) is 0 Å². The van der Waals surface area contributed by atoms with Gasteiger partial charge in [-0.05, 0) is 6.42 Å². The Labute approximate surface area is 73.2 Å². The quantitative estimate of drug-likeness (QED) is 0.248. The van der Waals surface area contributed by atoms with Crippen LogP contribution in [0.4, 0.5) is 4.39 Å². The fraction of sp³-hybridized carbons (Fsp3) is 0.667. The molecule has 1 aliphatic rings. The third-order valence-electron chi connectivity index (χ3n) is 1.72. The van der Waals surface area contributed by atoms with Crippen molar-refractivity contribution in [1.29, 1.82) is 0 Å². The van der Waals surface area contributed by atoms with Crippen molar-refractivity contribution in [2.24, 2.45) is 0 Å². The summed E-state index contributed by atoms with van der Waals surface area (Å²) in [6.07, 6.45) is -0.517. The lowest BCUT2D eigenvalue weighted by Gasteiger charge is -2.23. The van der Waals surface area contributed by atoms with Crippen molar-refractivity contribution in [2.45, 2.75) is 18.6 Å². The monoisotopic (exact) mass is 194 g/mol. The second-order valence-electron chi connectivity index (χ2n) is 2.62. The Morgan fingerprint density at radius 1 is 1.85 bits per heavy atom. The molecule has 6 nitrogen and oxygen atoms in total. The topological polar surface area (TPSA) is 94.4 Å². The molecule has 0 amide bonds. The van der Waals surface area contributed by atoms with Crippen LogP contribution in [-0.4, -0.2) is 34.7 Å². The lowest BCUT2D eigenvalue weighted by Crippen LogP contribution is -2.30. The summed E-state index contributed by atoms with van der Waals surface area (Å²) >= 11 is 0. The minimum Gasteiger partial charge on any atom is -0.564 e. The number of hydrogen-bond donors (Lipinski definition) is 2. The van der Waals surface area contributed by atoms with Crippen molar-refractivity contribution in [3.8, 4) is 0 Å². The molecular weight excluding hydrogens is 185 g/mol. The van der Waals surface area contributed by atoms with Crippen molar-refractivity contribution in [1.82, 2.24) is 5.32 Å². The molecule has 1 saturated heterocycles. The maximum Gasteiger partial charge on any atom is 0.320 e. The molecule has 0 radical (unpaired) electrons. The van der Waals surface area contributed by atoms with Crippen LogP contribution in [0.5, 0.6) is 0 Å². The van der Waals surface area contributed by atoms with Crippen LogP contribution >= 0.6 is 0 Å². The third-order valence-corrected chi connectivity index (χ3v) is 1.72. The predicted octanol–water partition coefficient (Wildman–Crippen LogP) is -1.40. The van der Waals surface area contributed by atoms with Crippen LogP contribution in [0, 0.1) is 6.54 Å². The van der Waals surface area contributed by atoms with E-state index in [0.29, 0.717) is 0 Å². The van der Waals surface area contributed by atoms with E-state index in [1.165, 1.54) is 0 Å². The molecule has 0 aliphatic carbocycles. The molecule has 3 N–H and O–H groups in total. The van der Waals surface area contributed by atoms with Crippen molar-refractivity contribution < 1.29 is 29.2 Å². The minimum absolute atomic E-state index is 0.123. The van der Waals surface area contributed by atoms with E-state index in [2.05, 4.69) is 10.1 Å². The summed E-state index contributed by atoms with van der Waals surface area (Å²) in [5.41, 5.74) is 0. The van der Waals surface area contributed by atoms with Crippen LogP contribution in [0.2, 0.25) is 0 Å². The highest BCUT2D eigenvalue weighted by molar-refractivity contribution is 5.73. The normalized spacial score (nSPS) is 28.2. The highest BCUT2D eigenvalue weighted by Gasteiger charge is 2.29. The second kappa shape index (κ2) is 4.47. The number of rotatable bonds is 4. The molecule has 2 atom stereocenters. The largest absolute Gasteiger partial charge is 0.564 e. The van der Waals surface area contributed by atoms with Gasteiger partial charge in [-0.15, -0.1) is 0 Å². The van der Waals surface area contributed by atoms with Crippen LogP contribution in [0.1, 0.15) is 6.42 Å². The molecule has 1 aliphatic heterocycles. The smallest absolute Gasteiger partial charge is 0.320 e. The molecule has 0 spiro atoms. The molecule has 0 saturated carbocycles. The SMILES string of the molecule is O=C(O)[C@@H]1C[C@H](O[C-](F)[OH+][O-])CN1. The fourth-order valence-corrected chi connectivity index (χ4v) is 1.14. The highest BCUT2D eigenvalue weighted by atomic mass is 19.2. The standard InChI is InChI=1S/C6H9FNO5/c7-6(13-11)12-3-1-4(5(9)10)8-2-3/h3-4,8,13H,1-2H2,(H,9,10)/q-1/t3-,4-/m0/s1. The Morgan fingerprint density at radius 2 is 2.54 bits per heavy atom. The van der Waals surface area contributed by atoms with Gasteiger partial charge in [0.1, 0.15) is 6.04 Å². The van der Waals surface area contributed by atoms with Crippen LogP contribution in [-0.2, 0) is 9.53 Å². The Morgan fingerprint density at radius 3 is 3.00 bits per heavy atom. The van der Waals surface area contributed by atoms with E-state index in [0.717, 1.165) is 0 Å². The zero-order valence-corrected chi connectivity index (χ0v) is 6.57. The first-order chi connectivity index (χ1) is 6.13. The van der Waals surface area contributed by atoms with Crippen LogP contribution in [0.15, 0.2) is 0 Å². The summed E-state index contributed by atoms with van der Waals surface area (Å²) in [5, 5.41) is 20.7. The Kier molecular flexibility index (Phi) is 3.55. The van der Waals surface area contributed by atoms with Crippen molar-refractivity contribution in [3.63, 3.8) is 0 Å². The van der Waals surface area contributed by atoms with Gasteiger partial charge >= 0.3 is 5.97 Å². The number of aliphatic carboxylic acids is 1. The van der Waals surface area contributed by atoms with Crippen molar-refractivity contribution in [2.75, 3.05) is 6.54 Å². The Hall–Kier alpha value is -0.760. The van der Waals surface area contributed by atoms with Gasteiger partial charge in [0.2, 0.25) is 0 Å². The summed E-state index contributed by atoms with van der Waals surface area (Å²) in [5.74, 6) is -1.02. The first-order valence-electron chi connectivity index (χ1n) is 3.62. The lowest BCUT2D eigenvalue weighted by molar-refractivity contribution is -0.791. The fourth-order valence-electron chi connectivity index (χ4n) is 1.14. The third kappa shape index (κ3) is 2.88. The first kappa shape index (κ1) is 10.3. The van der Waals surface area contributed by atoms with Gasteiger partial charge in [-0.3, -0.25) is 4.79 Å². The Bertz CT molecular complexity index is 190. The van der Waals surface area contributed by atoms with Crippen molar-refractivity contribution in [3.05, 3.63) is 6.54 Å². The predicted molar refractivity (Wildman–Crippen MR) is 35.9 cm³/mol. The number of carboxylic acid groups (broad SMARTS) is 1. The van der Waals surface area contributed by atoms with Gasteiger partial charge < -0.3 is 29.7 Å². The van der Waals surface area contributed by atoms with E-state index in [4.69, 9.17) is 5.11 Å². The molecule has 0 aromatic rings. The molecule has 0 bridgehead atoms. The maximum absolute atomic E-state index is 12.2. The number of nitrogens with one attached hydrogen (secondary N) is 1. The number of aliphatic hydroxyl groups is 1. The van der Waals surface area contributed by atoms with E-state index in [1.807, 2.05) is 4.89 Å². The Balaban J connectivity index is 2.29. The minimum atomic E-state index is -1.46. The zero-order valence-electron chi connectivity index (χ0n) is 6.57. The van der Waals surface area contributed by atoms with E-state index >= 15 is 0 Å². The average Bonchev–Trinajstić information content (AvgIpc) is 2.52. The lowest BCUT2D eigenvalue weighted by atomic mass is 10.2. The molecule has 1 heterocycles. The van der Waals surface area contributed by atoms with Crippen LogP contribution < -0.4 is 10.6 Å². The first-order valence-corrected chi connectivity index (χ1v) is 3.62. The number of halogens is 1. The van der Waals surface area contributed by atoms with Crippen molar-refractivity contribution >= 4 is 5.97 Å². The molecule has 76 valence electrons. The molecule has 1 fully saturated rings. The molecule has 1 rings (SSSR count). The molecule has 13 heavy (non-hydrogen) atoms. The summed E-state index contributed by atoms with van der Waals surface area (Å²) in [6, 6.07) is -0.746. The van der Waals surface area contributed by atoms with Crippen LogP contribution in [0.3, 0.4) is 0 Å². The average molecular weight is 194 g/mol. The summed E-state index contributed by atoms with van der Waals surface area (Å²) < 4.78 is 16.5. The highest BCUT2D eigenvalue weighted by Crippen LogP contribution is 2.15. The molecule has 0 unspecified atom stereocenters. The number of carbonyl (C=O) groups is 1. The number of hydrogen-bond acceptors (Lipinski definition) is 4. The van der Waals surface area contributed by atoms with E-state index in [1.54, 1.807) is 0 Å². The van der Waals surface area contributed by atoms with Gasteiger partial charge in [-0.2, -0.15) is 0 Å². The summed E-state index contributed by atoms with van der Waals surface area (Å²) in [6.45, 7) is -1.27. The second-order valence-corrected chi connectivity index (χ2v) is 2.62. The van der Waals surface area contributed by atoms with Gasteiger partial charge in [0.05, 0.1) is 0 Å². The summed E-state index contributed by atoms with van der Waals surface area (Å²) in [7, 11) is 0. The van der Waals surface area contributed by atoms with Gasteiger partial charge in [0, 0.05) is 12.6 Å². The van der Waals surface area contributed by atoms with E-state index < -0.39 is 24.7 Å².